The van der Waals surface area contributed by atoms with E-state index in [1.807, 2.05) is 19.2 Å². The van der Waals surface area contributed by atoms with Crippen LogP contribution in [0.4, 0.5) is 10.2 Å². The molecule has 6 nitrogen and oxygen atoms in total. The van der Waals surface area contributed by atoms with Gasteiger partial charge in [0.2, 0.25) is 5.91 Å². The number of dihydropyridines is 1. The number of pyridine rings is 2. The molecule has 1 saturated carbocycles. The van der Waals surface area contributed by atoms with Gasteiger partial charge in [-0.2, -0.15) is 5.26 Å². The predicted octanol–water partition coefficient (Wildman–Crippen LogP) is 4.25. The van der Waals surface area contributed by atoms with Crippen LogP contribution in [0.2, 0.25) is 0 Å². The summed E-state index contributed by atoms with van der Waals surface area (Å²) in [4.78, 5) is 20.7. The second-order valence-corrected chi connectivity index (χ2v) is 7.93. The molecule has 2 aromatic rings. The Morgan fingerprint density at radius 1 is 1.43 bits per heavy atom. The highest BCUT2D eigenvalue weighted by Gasteiger charge is 2.43. The monoisotopic (exact) mass is 405 g/mol. The lowest BCUT2D eigenvalue weighted by Gasteiger charge is -2.22. The number of unbranched alkanes of at least 4 members (excludes halogenated alkanes) is 1. The molecule has 2 N–H and O–H groups in total. The number of hydrogen-bond donors (Lipinski definition) is 2. The Morgan fingerprint density at radius 3 is 2.90 bits per heavy atom. The van der Waals surface area contributed by atoms with E-state index in [-0.39, 0.29) is 12.3 Å². The van der Waals surface area contributed by atoms with Crippen LogP contribution in [0.3, 0.4) is 0 Å². The smallest absolute Gasteiger partial charge is 0.231 e. The Kier molecular flexibility index (Phi) is 5.49. The first kappa shape index (κ1) is 20.0. The number of carbonyl (C=O) groups excluding carboxylic acids is 1. The minimum Gasteiger partial charge on any atom is -0.384 e. The molecule has 3 heterocycles. The third-order valence-corrected chi connectivity index (χ3v) is 5.58. The average Bonchev–Trinajstić information content (AvgIpc) is 3.48. The molecule has 3 unspecified atom stereocenters. The Hall–Kier alpha value is -3.27. The maximum absolute atomic E-state index is 13.1. The van der Waals surface area contributed by atoms with Crippen LogP contribution in [0, 0.1) is 17.2 Å². The van der Waals surface area contributed by atoms with Crippen LogP contribution in [0.15, 0.2) is 36.2 Å². The molecule has 0 aromatic carbocycles. The van der Waals surface area contributed by atoms with Gasteiger partial charge in [-0.05, 0) is 31.4 Å². The quantitative estimate of drug-likeness (QED) is 0.750. The fourth-order valence-corrected chi connectivity index (χ4v) is 3.71. The van der Waals surface area contributed by atoms with Gasteiger partial charge in [-0.3, -0.25) is 4.79 Å². The van der Waals surface area contributed by atoms with E-state index in [0.717, 1.165) is 41.4 Å². The fraction of sp³-hybridized carbons (Fsp3) is 0.391. The highest BCUT2D eigenvalue weighted by atomic mass is 19.1. The van der Waals surface area contributed by atoms with E-state index in [4.69, 9.17) is 0 Å². The summed E-state index contributed by atoms with van der Waals surface area (Å²) in [5, 5.41) is 16.5. The number of amides is 1. The summed E-state index contributed by atoms with van der Waals surface area (Å²) in [5.41, 5.74) is 3.66. The molecule has 1 fully saturated rings. The second-order valence-electron chi connectivity index (χ2n) is 7.93. The van der Waals surface area contributed by atoms with Crippen LogP contribution < -0.4 is 10.6 Å². The van der Waals surface area contributed by atoms with Crippen molar-refractivity contribution in [2.45, 2.75) is 51.7 Å². The molecule has 1 amide bonds. The Labute approximate surface area is 174 Å². The van der Waals surface area contributed by atoms with Crippen molar-refractivity contribution < 1.29 is 9.18 Å². The summed E-state index contributed by atoms with van der Waals surface area (Å²) in [6, 6.07) is 6.00. The molecule has 3 atom stereocenters. The number of fused-ring (bicyclic) bond motifs is 1. The third-order valence-electron chi connectivity index (χ3n) is 5.58. The number of alkyl halides is 1. The van der Waals surface area contributed by atoms with Gasteiger partial charge in [0.25, 0.3) is 0 Å². The van der Waals surface area contributed by atoms with Gasteiger partial charge in [0.15, 0.2) is 0 Å². The predicted molar refractivity (Wildman–Crippen MR) is 114 cm³/mol. The molecule has 0 spiro atoms. The van der Waals surface area contributed by atoms with Crippen molar-refractivity contribution in [3.63, 3.8) is 0 Å². The molecule has 2 aliphatic rings. The number of anilines is 1. The number of nitrogens with one attached hydrogen (secondary N) is 2. The van der Waals surface area contributed by atoms with Crippen LogP contribution in [0.5, 0.6) is 0 Å². The largest absolute Gasteiger partial charge is 0.384 e. The standard InChI is InChI=1S/C23H24FN5O/c1-3-4-5-15-6-13(2)18(12-26-15)16-7-14-11-27-22(9-20(14)28-21(16)10-25)29-23(30)17-8-19(17)24/h6-7,9,11-12,15,17,19,26H,3-5,8H2,1-2H3,(H,27,29,30). The number of halogens is 1. The van der Waals surface area contributed by atoms with E-state index in [9.17, 15) is 14.4 Å². The van der Waals surface area contributed by atoms with Crippen LogP contribution in [0.1, 0.15) is 50.8 Å². The summed E-state index contributed by atoms with van der Waals surface area (Å²) in [7, 11) is 0. The average molecular weight is 405 g/mol. The van der Waals surface area contributed by atoms with Gasteiger partial charge in [-0.15, -0.1) is 0 Å². The zero-order valence-electron chi connectivity index (χ0n) is 17.1. The van der Waals surface area contributed by atoms with E-state index in [1.54, 1.807) is 12.3 Å². The molecule has 1 aliphatic heterocycles. The molecule has 2 aromatic heterocycles. The van der Waals surface area contributed by atoms with Crippen molar-refractivity contribution in [1.29, 1.82) is 5.26 Å². The first-order chi connectivity index (χ1) is 14.5. The first-order valence-corrected chi connectivity index (χ1v) is 10.3. The van der Waals surface area contributed by atoms with Gasteiger partial charge in [0.1, 0.15) is 23.8 Å². The maximum atomic E-state index is 13.1. The van der Waals surface area contributed by atoms with Crippen molar-refractivity contribution in [3.05, 3.63) is 47.4 Å². The summed E-state index contributed by atoms with van der Waals surface area (Å²) in [5.74, 6) is -0.651. The zero-order chi connectivity index (χ0) is 21.3. The van der Waals surface area contributed by atoms with E-state index < -0.39 is 12.1 Å². The van der Waals surface area contributed by atoms with Gasteiger partial charge in [0.05, 0.1) is 11.4 Å². The van der Waals surface area contributed by atoms with Gasteiger partial charge < -0.3 is 10.6 Å². The van der Waals surface area contributed by atoms with Crippen LogP contribution >= 0.6 is 0 Å². The van der Waals surface area contributed by atoms with Gasteiger partial charge in [0, 0.05) is 41.0 Å². The van der Waals surface area contributed by atoms with E-state index >= 15 is 0 Å². The van der Waals surface area contributed by atoms with Crippen molar-refractivity contribution in [2.75, 3.05) is 5.32 Å². The minimum atomic E-state index is -1.06. The molecule has 1 aliphatic carbocycles. The molecule has 0 saturated heterocycles. The van der Waals surface area contributed by atoms with Gasteiger partial charge in [-0.1, -0.05) is 25.8 Å². The molecule has 154 valence electrons. The molecule has 0 radical (unpaired) electrons. The molecule has 4 rings (SSSR count). The summed E-state index contributed by atoms with van der Waals surface area (Å²) < 4.78 is 13.1. The zero-order valence-corrected chi connectivity index (χ0v) is 17.1. The van der Waals surface area contributed by atoms with Crippen LogP contribution in [-0.4, -0.2) is 28.1 Å². The number of hydrogen-bond acceptors (Lipinski definition) is 5. The van der Waals surface area contributed by atoms with E-state index in [1.165, 1.54) is 0 Å². The number of carbonyl (C=O) groups is 1. The van der Waals surface area contributed by atoms with E-state index in [0.29, 0.717) is 23.1 Å². The van der Waals surface area contributed by atoms with E-state index in [2.05, 4.69) is 39.7 Å². The highest BCUT2D eigenvalue weighted by Crippen LogP contribution is 2.35. The number of aromatic nitrogens is 2. The molecular formula is C23H24FN5O. The fourth-order valence-electron chi connectivity index (χ4n) is 3.71. The van der Waals surface area contributed by atoms with Gasteiger partial charge >= 0.3 is 0 Å². The maximum Gasteiger partial charge on any atom is 0.231 e. The number of allylic oxidation sites excluding steroid dienone is 2. The van der Waals surface area contributed by atoms with Crippen molar-refractivity contribution in [1.82, 2.24) is 15.3 Å². The van der Waals surface area contributed by atoms with Crippen molar-refractivity contribution >= 4 is 28.2 Å². The third kappa shape index (κ3) is 4.04. The Morgan fingerprint density at radius 2 is 2.23 bits per heavy atom. The summed E-state index contributed by atoms with van der Waals surface area (Å²) in [6.45, 7) is 4.22. The second kappa shape index (κ2) is 8.23. The molecular weight excluding hydrogens is 381 g/mol. The highest BCUT2D eigenvalue weighted by molar-refractivity contribution is 5.96. The Balaban J connectivity index is 1.61. The minimum absolute atomic E-state index is 0.259. The number of nitriles is 1. The van der Waals surface area contributed by atoms with Crippen LogP contribution in [0.25, 0.3) is 16.5 Å². The number of rotatable bonds is 6. The molecule has 30 heavy (non-hydrogen) atoms. The van der Waals surface area contributed by atoms with Gasteiger partial charge in [-0.25, -0.2) is 14.4 Å². The number of nitrogens with zero attached hydrogens (tertiary/aromatic N) is 3. The normalized spacial score (nSPS) is 22.5. The molecule has 7 heteroatoms. The topological polar surface area (TPSA) is 90.7 Å². The summed E-state index contributed by atoms with van der Waals surface area (Å²) >= 11 is 0. The SMILES string of the molecule is CCCCC1C=C(C)C(c2cc3cnc(NC(=O)C4CC4F)cc3nc2C#N)=CN1. The lowest BCUT2D eigenvalue weighted by Crippen LogP contribution is -2.26. The summed E-state index contributed by atoms with van der Waals surface area (Å²) in [6.07, 6.45) is 8.35. The molecule has 0 bridgehead atoms. The Bertz CT molecular complexity index is 1100. The lowest BCUT2D eigenvalue weighted by molar-refractivity contribution is -0.117. The van der Waals surface area contributed by atoms with Crippen molar-refractivity contribution in [3.8, 4) is 6.07 Å². The first-order valence-electron chi connectivity index (χ1n) is 10.3. The lowest BCUT2D eigenvalue weighted by atomic mass is 9.92. The van der Waals surface area contributed by atoms with Crippen molar-refractivity contribution in [2.24, 2.45) is 5.92 Å². The van der Waals surface area contributed by atoms with Crippen LogP contribution in [-0.2, 0) is 4.79 Å².